The van der Waals surface area contributed by atoms with Crippen molar-refractivity contribution in [3.63, 3.8) is 0 Å². The van der Waals surface area contributed by atoms with E-state index in [9.17, 15) is 18.1 Å². The summed E-state index contributed by atoms with van der Waals surface area (Å²) in [5.74, 6) is 0. The van der Waals surface area contributed by atoms with Gasteiger partial charge in [-0.05, 0) is 29.6 Å². The minimum atomic E-state index is -4.51. The van der Waals surface area contributed by atoms with E-state index in [0.717, 1.165) is 12.1 Å². The minimum absolute atomic E-state index is 0.219. The number of rotatable bonds is 3. The maximum Gasteiger partial charge on any atom is 0.417 e. The van der Waals surface area contributed by atoms with Gasteiger partial charge in [-0.2, -0.15) is 13.2 Å². The fourth-order valence-electron chi connectivity index (χ4n) is 1.28. The minimum Gasteiger partial charge on any atom is -0.383 e. The molecule has 0 atom stereocenters. The molecule has 0 N–H and O–H groups in total. The van der Waals surface area contributed by atoms with E-state index in [1.54, 1.807) is 19.0 Å². The first-order chi connectivity index (χ1) is 7.86. The third kappa shape index (κ3) is 3.30. The number of nitrogens with zero attached hydrogens (tertiary/aromatic N) is 2. The van der Waals surface area contributed by atoms with Gasteiger partial charge in [0.2, 0.25) is 0 Å². The molecule has 0 amide bonds. The quantitative estimate of drug-likeness (QED) is 0.760. The highest BCUT2D eigenvalue weighted by Gasteiger charge is 2.33. The summed E-state index contributed by atoms with van der Waals surface area (Å²) in [6, 6.07) is 3.33. The van der Waals surface area contributed by atoms with Gasteiger partial charge in [0.1, 0.15) is 5.69 Å². The first-order valence-corrected chi connectivity index (χ1v) is 4.74. The van der Waals surface area contributed by atoms with Crippen molar-refractivity contribution in [2.45, 2.75) is 6.18 Å². The Bertz CT molecular complexity index is 439. The Hall–Kier alpha value is -1.85. The fraction of sp³-hybridized carbons (Fsp3) is 0.273. The van der Waals surface area contributed by atoms with E-state index in [2.05, 4.69) is 5.18 Å². The zero-order chi connectivity index (χ0) is 13.1. The zero-order valence-electron chi connectivity index (χ0n) is 9.32. The first kappa shape index (κ1) is 13.2. The van der Waals surface area contributed by atoms with Gasteiger partial charge in [0.05, 0.1) is 5.56 Å². The van der Waals surface area contributed by atoms with Gasteiger partial charge < -0.3 is 4.90 Å². The highest BCUT2D eigenvalue weighted by atomic mass is 19.4. The van der Waals surface area contributed by atoms with Crippen LogP contribution >= 0.6 is 0 Å². The average molecular weight is 244 g/mol. The molecule has 0 unspecified atom stereocenters. The van der Waals surface area contributed by atoms with Crippen LogP contribution in [0.5, 0.6) is 0 Å². The van der Waals surface area contributed by atoms with Crippen LogP contribution in [0, 0.1) is 4.91 Å². The molecule has 6 heteroatoms. The lowest BCUT2D eigenvalue weighted by molar-refractivity contribution is -0.137. The highest BCUT2D eigenvalue weighted by molar-refractivity contribution is 5.67. The third-order valence-corrected chi connectivity index (χ3v) is 2.03. The van der Waals surface area contributed by atoms with Crippen molar-refractivity contribution in [3.8, 4) is 0 Å². The lowest BCUT2D eigenvalue weighted by Crippen LogP contribution is -2.08. The largest absolute Gasteiger partial charge is 0.417 e. The Morgan fingerprint density at radius 3 is 2.41 bits per heavy atom. The van der Waals surface area contributed by atoms with E-state index >= 15 is 0 Å². The van der Waals surface area contributed by atoms with Crippen LogP contribution in [-0.4, -0.2) is 19.0 Å². The normalized spacial score (nSPS) is 11.8. The molecule has 0 spiro atoms. The first-order valence-electron chi connectivity index (χ1n) is 4.74. The summed E-state index contributed by atoms with van der Waals surface area (Å²) in [6.45, 7) is 0. The van der Waals surface area contributed by atoms with Crippen LogP contribution < -0.4 is 0 Å². The molecule has 0 aliphatic rings. The maximum atomic E-state index is 12.7. The summed E-state index contributed by atoms with van der Waals surface area (Å²) in [7, 11) is 3.33. The molecule has 0 bridgehead atoms. The molecule has 0 fully saturated rings. The Labute approximate surface area is 96.5 Å². The molecular weight excluding hydrogens is 233 g/mol. The zero-order valence-corrected chi connectivity index (χ0v) is 9.32. The number of alkyl halides is 3. The monoisotopic (exact) mass is 244 g/mol. The Morgan fingerprint density at radius 2 is 1.94 bits per heavy atom. The van der Waals surface area contributed by atoms with Gasteiger partial charge in [0.15, 0.2) is 0 Å². The van der Waals surface area contributed by atoms with Crippen molar-refractivity contribution in [1.82, 2.24) is 4.90 Å². The average Bonchev–Trinajstić information content (AvgIpc) is 2.24. The van der Waals surface area contributed by atoms with E-state index in [-0.39, 0.29) is 11.3 Å². The summed E-state index contributed by atoms with van der Waals surface area (Å²) in [5.41, 5.74) is -1.31. The SMILES string of the molecule is CN(C)/C=C/c1c(N=O)cccc1C(F)(F)F. The van der Waals surface area contributed by atoms with Crippen LogP contribution in [0.1, 0.15) is 11.1 Å². The van der Waals surface area contributed by atoms with Gasteiger partial charge in [0.25, 0.3) is 0 Å². The van der Waals surface area contributed by atoms with Crippen molar-refractivity contribution in [2.24, 2.45) is 5.18 Å². The fourth-order valence-corrected chi connectivity index (χ4v) is 1.28. The van der Waals surface area contributed by atoms with Crippen LogP contribution in [0.15, 0.2) is 29.6 Å². The molecule has 1 aromatic carbocycles. The lowest BCUT2D eigenvalue weighted by atomic mass is 10.0. The second kappa shape index (κ2) is 4.99. The predicted octanol–water partition coefficient (Wildman–Crippen LogP) is 3.64. The van der Waals surface area contributed by atoms with Crippen molar-refractivity contribution < 1.29 is 13.2 Å². The van der Waals surface area contributed by atoms with Gasteiger partial charge in [-0.15, -0.1) is 4.91 Å². The van der Waals surface area contributed by atoms with Crippen molar-refractivity contribution >= 4 is 11.8 Å². The third-order valence-electron chi connectivity index (χ3n) is 2.03. The van der Waals surface area contributed by atoms with E-state index in [1.807, 2.05) is 0 Å². The number of nitroso groups, excluding NO2 is 1. The summed E-state index contributed by atoms with van der Waals surface area (Å²) < 4.78 is 38.1. The van der Waals surface area contributed by atoms with Crippen molar-refractivity contribution in [2.75, 3.05) is 14.1 Å². The molecule has 0 heterocycles. The van der Waals surface area contributed by atoms with Gasteiger partial charge in [0, 0.05) is 19.7 Å². The molecule has 1 aromatic rings. The Kier molecular flexibility index (Phi) is 3.88. The molecule has 1 rings (SSSR count). The summed E-state index contributed by atoms with van der Waals surface area (Å²) in [4.78, 5) is 12.1. The van der Waals surface area contributed by atoms with E-state index < -0.39 is 11.7 Å². The molecule has 3 nitrogen and oxygen atoms in total. The van der Waals surface area contributed by atoms with Crippen LogP contribution in [-0.2, 0) is 6.18 Å². The second-order valence-electron chi connectivity index (χ2n) is 3.61. The summed E-state index contributed by atoms with van der Waals surface area (Å²) in [5, 5.41) is 2.60. The molecule has 0 aliphatic carbocycles. The van der Waals surface area contributed by atoms with Crippen molar-refractivity contribution in [3.05, 3.63) is 40.4 Å². The number of hydrogen-bond acceptors (Lipinski definition) is 3. The van der Waals surface area contributed by atoms with Crippen molar-refractivity contribution in [1.29, 1.82) is 0 Å². The molecule has 0 aliphatic heterocycles. The molecule has 17 heavy (non-hydrogen) atoms. The van der Waals surface area contributed by atoms with Crippen LogP contribution in [0.3, 0.4) is 0 Å². The van der Waals surface area contributed by atoms with E-state index in [4.69, 9.17) is 0 Å². The van der Waals surface area contributed by atoms with Crippen LogP contribution in [0.2, 0.25) is 0 Å². The summed E-state index contributed by atoms with van der Waals surface area (Å²) in [6.07, 6.45) is -1.86. The molecule has 92 valence electrons. The number of hydrogen-bond donors (Lipinski definition) is 0. The lowest BCUT2D eigenvalue weighted by Gasteiger charge is -2.12. The van der Waals surface area contributed by atoms with Gasteiger partial charge in [-0.1, -0.05) is 6.07 Å². The van der Waals surface area contributed by atoms with Gasteiger partial charge in [-0.25, -0.2) is 0 Å². The van der Waals surface area contributed by atoms with E-state index in [1.165, 1.54) is 18.3 Å². The standard InChI is InChI=1S/C11H11F3N2O/c1-16(2)7-6-8-9(11(12,13)14)4-3-5-10(8)15-17/h3-7H,1-2H3/b7-6+. The van der Waals surface area contributed by atoms with Crippen LogP contribution in [0.4, 0.5) is 18.9 Å². The second-order valence-corrected chi connectivity index (χ2v) is 3.61. The van der Waals surface area contributed by atoms with Crippen LogP contribution in [0.25, 0.3) is 6.08 Å². The topological polar surface area (TPSA) is 32.7 Å². The number of benzene rings is 1. The predicted molar refractivity (Wildman–Crippen MR) is 59.6 cm³/mol. The highest BCUT2D eigenvalue weighted by Crippen LogP contribution is 2.36. The maximum absolute atomic E-state index is 12.7. The summed E-state index contributed by atoms with van der Waals surface area (Å²) >= 11 is 0. The Balaban J connectivity index is 3.36. The Morgan fingerprint density at radius 1 is 1.29 bits per heavy atom. The molecule has 0 radical (unpaired) electrons. The van der Waals surface area contributed by atoms with E-state index in [0.29, 0.717) is 0 Å². The number of halogens is 3. The molecule has 0 saturated heterocycles. The smallest absolute Gasteiger partial charge is 0.383 e. The van der Waals surface area contributed by atoms with Gasteiger partial charge in [-0.3, -0.25) is 0 Å². The molecule has 0 saturated carbocycles. The van der Waals surface area contributed by atoms with Gasteiger partial charge >= 0.3 is 6.18 Å². The molecular formula is C11H11F3N2O. The molecule has 0 aromatic heterocycles.